The van der Waals surface area contributed by atoms with Crippen LogP contribution < -0.4 is 4.90 Å². The highest BCUT2D eigenvalue weighted by atomic mass is 16.5. The molecule has 0 aromatic heterocycles. The van der Waals surface area contributed by atoms with E-state index in [4.69, 9.17) is 4.74 Å². The molecule has 4 nitrogen and oxygen atoms in total. The predicted octanol–water partition coefficient (Wildman–Crippen LogP) is 4.53. The molecule has 2 aromatic carbocycles. The topological polar surface area (TPSA) is 53.3 Å². The fourth-order valence-corrected chi connectivity index (χ4v) is 2.40. The fraction of sp³-hybridized carbons (Fsp3) is 0.273. The van der Waals surface area contributed by atoms with Crippen molar-refractivity contribution in [2.75, 3.05) is 19.0 Å². The number of ether oxygens (including phenoxy) is 1. The first-order valence-electron chi connectivity index (χ1n) is 8.56. The SMILES string of the molecule is CC(C)c1ccc(COC(=O)/C(C#N)=C/c2ccc(N(C)C)cc2)cc1. The highest BCUT2D eigenvalue weighted by Gasteiger charge is 2.11. The summed E-state index contributed by atoms with van der Waals surface area (Å²) in [5, 5.41) is 9.27. The van der Waals surface area contributed by atoms with E-state index >= 15 is 0 Å². The van der Waals surface area contributed by atoms with Gasteiger partial charge in [-0.3, -0.25) is 0 Å². The Kier molecular flexibility index (Phi) is 6.57. The number of benzene rings is 2. The molecular weight excluding hydrogens is 324 g/mol. The van der Waals surface area contributed by atoms with E-state index in [2.05, 4.69) is 13.8 Å². The standard InChI is InChI=1S/C22H24N2O2/c1-16(2)19-9-5-18(6-10-19)15-26-22(25)20(14-23)13-17-7-11-21(12-8-17)24(3)4/h5-13,16H,15H2,1-4H3/b20-13+. The van der Waals surface area contributed by atoms with Crippen molar-refractivity contribution in [1.82, 2.24) is 0 Å². The molecule has 0 aliphatic rings. The molecule has 0 heterocycles. The second kappa shape index (κ2) is 8.87. The third-order valence-corrected chi connectivity index (χ3v) is 4.08. The van der Waals surface area contributed by atoms with Gasteiger partial charge in [0.15, 0.2) is 0 Å². The van der Waals surface area contributed by atoms with Gasteiger partial charge in [-0.2, -0.15) is 5.26 Å². The number of hydrogen-bond acceptors (Lipinski definition) is 4. The lowest BCUT2D eigenvalue weighted by Gasteiger charge is -2.12. The van der Waals surface area contributed by atoms with Crippen molar-refractivity contribution in [3.05, 3.63) is 70.8 Å². The normalized spacial score (nSPS) is 11.2. The summed E-state index contributed by atoms with van der Waals surface area (Å²) < 4.78 is 5.28. The average Bonchev–Trinajstić information content (AvgIpc) is 2.64. The molecule has 0 amide bonds. The molecule has 134 valence electrons. The van der Waals surface area contributed by atoms with Gasteiger partial charge in [-0.1, -0.05) is 50.2 Å². The van der Waals surface area contributed by atoms with Crippen LogP contribution in [0.3, 0.4) is 0 Å². The Bertz CT molecular complexity index is 811. The van der Waals surface area contributed by atoms with Crippen LogP contribution in [0.4, 0.5) is 5.69 Å². The van der Waals surface area contributed by atoms with E-state index in [0.29, 0.717) is 5.92 Å². The van der Waals surface area contributed by atoms with E-state index in [1.165, 1.54) is 5.56 Å². The second-order valence-electron chi connectivity index (χ2n) is 6.63. The molecule has 4 heteroatoms. The van der Waals surface area contributed by atoms with Crippen LogP contribution in [0.15, 0.2) is 54.1 Å². The van der Waals surface area contributed by atoms with Crippen LogP contribution in [0.25, 0.3) is 6.08 Å². The number of rotatable bonds is 6. The largest absolute Gasteiger partial charge is 0.457 e. The van der Waals surface area contributed by atoms with Gasteiger partial charge in [0.1, 0.15) is 18.2 Å². The first-order chi connectivity index (χ1) is 12.4. The Morgan fingerprint density at radius 1 is 1.12 bits per heavy atom. The summed E-state index contributed by atoms with van der Waals surface area (Å²) in [4.78, 5) is 14.2. The van der Waals surface area contributed by atoms with Gasteiger partial charge in [-0.25, -0.2) is 4.79 Å². The fourth-order valence-electron chi connectivity index (χ4n) is 2.40. The second-order valence-corrected chi connectivity index (χ2v) is 6.63. The molecule has 0 unspecified atom stereocenters. The predicted molar refractivity (Wildman–Crippen MR) is 105 cm³/mol. The van der Waals surface area contributed by atoms with Crippen molar-refractivity contribution in [1.29, 1.82) is 5.26 Å². The minimum Gasteiger partial charge on any atom is -0.457 e. The minimum absolute atomic E-state index is 0.0126. The molecule has 0 bridgehead atoms. The lowest BCUT2D eigenvalue weighted by Crippen LogP contribution is -2.08. The van der Waals surface area contributed by atoms with Crippen molar-refractivity contribution in [3.8, 4) is 6.07 Å². The van der Waals surface area contributed by atoms with Crippen LogP contribution in [0.5, 0.6) is 0 Å². The van der Waals surface area contributed by atoms with Crippen LogP contribution in [0.1, 0.15) is 36.5 Å². The van der Waals surface area contributed by atoms with Crippen LogP contribution in [-0.4, -0.2) is 20.1 Å². The Morgan fingerprint density at radius 3 is 2.23 bits per heavy atom. The smallest absolute Gasteiger partial charge is 0.349 e. The van der Waals surface area contributed by atoms with Crippen LogP contribution in [-0.2, 0) is 16.1 Å². The van der Waals surface area contributed by atoms with E-state index in [9.17, 15) is 10.1 Å². The molecule has 26 heavy (non-hydrogen) atoms. The van der Waals surface area contributed by atoms with Gasteiger partial charge in [0.25, 0.3) is 0 Å². The zero-order valence-corrected chi connectivity index (χ0v) is 15.7. The molecule has 0 radical (unpaired) electrons. The summed E-state index contributed by atoms with van der Waals surface area (Å²) in [5.74, 6) is -0.157. The summed E-state index contributed by atoms with van der Waals surface area (Å²) in [6.07, 6.45) is 1.55. The van der Waals surface area contributed by atoms with Gasteiger partial charge >= 0.3 is 5.97 Å². The monoisotopic (exact) mass is 348 g/mol. The minimum atomic E-state index is -0.614. The number of anilines is 1. The Morgan fingerprint density at radius 2 is 1.73 bits per heavy atom. The first kappa shape index (κ1) is 19.3. The maximum absolute atomic E-state index is 12.2. The van der Waals surface area contributed by atoms with Crippen molar-refractivity contribution in [2.24, 2.45) is 0 Å². The van der Waals surface area contributed by atoms with Crippen LogP contribution in [0.2, 0.25) is 0 Å². The average molecular weight is 348 g/mol. The Balaban J connectivity index is 2.02. The molecule has 0 saturated heterocycles. The molecule has 0 aliphatic carbocycles. The van der Waals surface area contributed by atoms with Crippen molar-refractivity contribution in [3.63, 3.8) is 0 Å². The lowest BCUT2D eigenvalue weighted by molar-refractivity contribution is -0.139. The first-order valence-corrected chi connectivity index (χ1v) is 8.56. The van der Waals surface area contributed by atoms with E-state index in [1.807, 2.05) is 73.6 Å². The van der Waals surface area contributed by atoms with Gasteiger partial charge < -0.3 is 9.64 Å². The van der Waals surface area contributed by atoms with E-state index in [-0.39, 0.29) is 12.2 Å². The van der Waals surface area contributed by atoms with Gasteiger partial charge in [-0.05, 0) is 40.8 Å². The number of esters is 1. The molecule has 0 aliphatic heterocycles. The Hall–Kier alpha value is -3.06. The summed E-state index contributed by atoms with van der Waals surface area (Å²) in [5.41, 5.74) is 3.95. The number of hydrogen-bond donors (Lipinski definition) is 0. The molecule has 0 spiro atoms. The van der Waals surface area contributed by atoms with E-state index < -0.39 is 5.97 Å². The Labute approximate surface area is 155 Å². The highest BCUT2D eigenvalue weighted by molar-refractivity contribution is 5.97. The summed E-state index contributed by atoms with van der Waals surface area (Å²) >= 11 is 0. The van der Waals surface area contributed by atoms with E-state index in [1.54, 1.807) is 6.08 Å². The number of carbonyl (C=O) groups excluding carboxylic acids is 1. The summed E-state index contributed by atoms with van der Waals surface area (Å²) in [6, 6.07) is 17.5. The zero-order valence-electron chi connectivity index (χ0n) is 15.7. The number of nitrogens with zero attached hydrogens (tertiary/aromatic N) is 2. The number of nitriles is 1. The number of carbonyl (C=O) groups is 1. The molecule has 2 rings (SSSR count). The molecule has 0 atom stereocenters. The van der Waals surface area contributed by atoms with Crippen molar-refractivity contribution < 1.29 is 9.53 Å². The highest BCUT2D eigenvalue weighted by Crippen LogP contribution is 2.17. The van der Waals surface area contributed by atoms with Crippen molar-refractivity contribution in [2.45, 2.75) is 26.4 Å². The zero-order chi connectivity index (χ0) is 19.1. The van der Waals surface area contributed by atoms with Crippen molar-refractivity contribution >= 4 is 17.7 Å². The molecule has 0 saturated carbocycles. The van der Waals surface area contributed by atoms with E-state index in [0.717, 1.165) is 16.8 Å². The van der Waals surface area contributed by atoms with Gasteiger partial charge in [0, 0.05) is 19.8 Å². The van der Waals surface area contributed by atoms with Gasteiger partial charge in [-0.15, -0.1) is 0 Å². The third kappa shape index (κ3) is 5.22. The maximum Gasteiger partial charge on any atom is 0.349 e. The van der Waals surface area contributed by atoms with Gasteiger partial charge in [0.05, 0.1) is 0 Å². The van der Waals surface area contributed by atoms with Gasteiger partial charge in [0.2, 0.25) is 0 Å². The quantitative estimate of drug-likeness (QED) is 0.437. The summed E-state index contributed by atoms with van der Waals surface area (Å²) in [6.45, 7) is 4.41. The third-order valence-electron chi connectivity index (χ3n) is 4.08. The maximum atomic E-state index is 12.2. The van der Waals surface area contributed by atoms with Crippen LogP contribution >= 0.6 is 0 Å². The van der Waals surface area contributed by atoms with Crippen LogP contribution in [0, 0.1) is 11.3 Å². The molecular formula is C22H24N2O2. The molecule has 0 fully saturated rings. The summed E-state index contributed by atoms with van der Waals surface area (Å²) in [7, 11) is 3.91. The molecule has 2 aromatic rings. The lowest BCUT2D eigenvalue weighted by atomic mass is 10.0. The molecule has 0 N–H and O–H groups in total.